The molecule has 0 aliphatic carbocycles. The number of hydrogen-bond donors (Lipinski definition) is 1. The summed E-state index contributed by atoms with van der Waals surface area (Å²) in [7, 11) is -1.98. The molecule has 0 saturated carbocycles. The van der Waals surface area contributed by atoms with Crippen molar-refractivity contribution in [2.45, 2.75) is 11.4 Å². The van der Waals surface area contributed by atoms with Gasteiger partial charge in [-0.2, -0.15) is 4.31 Å². The van der Waals surface area contributed by atoms with E-state index in [1.165, 1.54) is 22.8 Å². The number of carbonyl (C=O) groups is 1. The molecular weight excluding hydrogens is 376 g/mol. The number of benzene rings is 1. The highest BCUT2D eigenvalue weighted by Crippen LogP contribution is 2.22. The molecule has 26 heavy (non-hydrogen) atoms. The average Bonchev–Trinajstić information content (AvgIpc) is 3.11. The summed E-state index contributed by atoms with van der Waals surface area (Å²) in [6.45, 7) is 2.65. The van der Waals surface area contributed by atoms with E-state index in [-0.39, 0.29) is 4.90 Å². The first-order chi connectivity index (χ1) is 12.4. The Morgan fingerprint density at radius 2 is 1.85 bits per heavy atom. The Labute approximate surface area is 156 Å². The van der Waals surface area contributed by atoms with E-state index in [4.69, 9.17) is 9.84 Å². The molecule has 2 aromatic rings. The molecule has 0 bridgehead atoms. The molecule has 0 atom stereocenters. The summed E-state index contributed by atoms with van der Waals surface area (Å²) in [6.07, 6.45) is 0. The molecule has 1 saturated heterocycles. The van der Waals surface area contributed by atoms with Gasteiger partial charge in [0, 0.05) is 32.7 Å². The Kier molecular flexibility index (Phi) is 5.61. The zero-order chi connectivity index (χ0) is 18.7. The summed E-state index contributed by atoms with van der Waals surface area (Å²) in [5.41, 5.74) is 0.943. The van der Waals surface area contributed by atoms with Crippen LogP contribution in [-0.4, -0.2) is 62.0 Å². The maximum Gasteiger partial charge on any atom is 0.345 e. The van der Waals surface area contributed by atoms with Crippen LogP contribution in [0.15, 0.2) is 40.6 Å². The first-order valence-electron chi connectivity index (χ1n) is 8.07. The van der Waals surface area contributed by atoms with Crippen LogP contribution in [0.25, 0.3) is 0 Å². The molecule has 1 aromatic heterocycles. The van der Waals surface area contributed by atoms with Crippen LogP contribution in [-0.2, 0) is 16.6 Å². The lowest BCUT2D eigenvalue weighted by atomic mass is 10.2. The second-order valence-electron chi connectivity index (χ2n) is 5.98. The van der Waals surface area contributed by atoms with Crippen molar-refractivity contribution in [2.24, 2.45) is 0 Å². The van der Waals surface area contributed by atoms with E-state index >= 15 is 0 Å². The van der Waals surface area contributed by atoms with E-state index in [1.54, 1.807) is 30.3 Å². The lowest BCUT2D eigenvalue weighted by molar-refractivity contribution is 0.0702. The van der Waals surface area contributed by atoms with Gasteiger partial charge in [0.15, 0.2) is 0 Å². The fourth-order valence-electron chi connectivity index (χ4n) is 2.85. The van der Waals surface area contributed by atoms with Crippen molar-refractivity contribution < 1.29 is 23.1 Å². The van der Waals surface area contributed by atoms with Crippen LogP contribution in [0.2, 0.25) is 0 Å². The molecule has 3 rings (SSSR count). The second kappa shape index (κ2) is 7.75. The van der Waals surface area contributed by atoms with Crippen molar-refractivity contribution >= 4 is 27.3 Å². The lowest BCUT2D eigenvalue weighted by Gasteiger charge is -2.33. The minimum absolute atomic E-state index is 0.260. The molecule has 0 unspecified atom stereocenters. The number of piperazine rings is 1. The van der Waals surface area contributed by atoms with E-state index in [9.17, 15) is 13.2 Å². The Morgan fingerprint density at radius 1 is 1.19 bits per heavy atom. The molecule has 1 fully saturated rings. The highest BCUT2D eigenvalue weighted by atomic mass is 32.2. The maximum atomic E-state index is 12.7. The van der Waals surface area contributed by atoms with Gasteiger partial charge in [-0.25, -0.2) is 13.2 Å². The number of methoxy groups -OCH3 is 1. The summed E-state index contributed by atoms with van der Waals surface area (Å²) in [4.78, 5) is 13.7. The first-order valence-corrected chi connectivity index (χ1v) is 10.4. The van der Waals surface area contributed by atoms with E-state index in [1.807, 2.05) is 5.38 Å². The van der Waals surface area contributed by atoms with Crippen molar-refractivity contribution in [2.75, 3.05) is 33.3 Å². The standard InChI is InChI=1S/C17H20N2O5S2/c1-24-14-2-4-15(5-3-14)26(22,23)19-8-6-18(7-9-19)11-13-10-16(17(20)21)25-12-13/h2-5,10,12H,6-9,11H2,1H3,(H,20,21). The first kappa shape index (κ1) is 18.8. The van der Waals surface area contributed by atoms with Crippen molar-refractivity contribution in [1.29, 1.82) is 0 Å². The zero-order valence-corrected chi connectivity index (χ0v) is 15.9. The molecule has 140 valence electrons. The number of hydrogen-bond acceptors (Lipinski definition) is 6. The van der Waals surface area contributed by atoms with Crippen LogP contribution in [0.5, 0.6) is 5.75 Å². The summed E-state index contributed by atoms with van der Waals surface area (Å²) in [6, 6.07) is 8.06. The average molecular weight is 396 g/mol. The second-order valence-corrected chi connectivity index (χ2v) is 8.83. The third kappa shape index (κ3) is 4.07. The molecule has 1 aromatic carbocycles. The van der Waals surface area contributed by atoms with Crippen LogP contribution < -0.4 is 4.74 Å². The molecule has 1 aliphatic rings. The summed E-state index contributed by atoms with van der Waals surface area (Å²) >= 11 is 1.21. The Balaban J connectivity index is 1.60. The minimum atomic E-state index is -3.51. The van der Waals surface area contributed by atoms with Crippen molar-refractivity contribution in [1.82, 2.24) is 9.21 Å². The Morgan fingerprint density at radius 3 is 2.38 bits per heavy atom. The van der Waals surface area contributed by atoms with Gasteiger partial charge in [0.1, 0.15) is 10.6 Å². The number of aromatic carboxylic acids is 1. The number of nitrogens with zero attached hydrogens (tertiary/aromatic N) is 2. The third-order valence-electron chi connectivity index (χ3n) is 4.30. The van der Waals surface area contributed by atoms with Gasteiger partial charge >= 0.3 is 5.97 Å². The van der Waals surface area contributed by atoms with Gasteiger partial charge < -0.3 is 9.84 Å². The molecule has 9 heteroatoms. The fraction of sp³-hybridized carbons (Fsp3) is 0.353. The van der Waals surface area contributed by atoms with E-state index in [0.717, 1.165) is 5.56 Å². The van der Waals surface area contributed by atoms with Gasteiger partial charge in [0.2, 0.25) is 10.0 Å². The van der Waals surface area contributed by atoms with E-state index in [2.05, 4.69) is 4.90 Å². The molecule has 1 N–H and O–H groups in total. The molecular formula is C17H20N2O5S2. The molecule has 0 amide bonds. The highest BCUT2D eigenvalue weighted by molar-refractivity contribution is 7.89. The Bertz CT molecular complexity index is 869. The predicted octanol–water partition coefficient (Wildman–Crippen LogP) is 1.96. The van der Waals surface area contributed by atoms with Crippen LogP contribution in [0.1, 0.15) is 15.2 Å². The number of carboxylic acids is 1. The molecule has 2 heterocycles. The number of rotatable bonds is 6. The number of sulfonamides is 1. The maximum absolute atomic E-state index is 12.7. The Hall–Kier alpha value is -1.94. The summed E-state index contributed by atoms with van der Waals surface area (Å²) in [5.74, 6) is -0.304. The third-order valence-corrected chi connectivity index (χ3v) is 7.18. The van der Waals surface area contributed by atoms with Gasteiger partial charge in [-0.3, -0.25) is 4.90 Å². The molecule has 1 aliphatic heterocycles. The van der Waals surface area contributed by atoms with Crippen LogP contribution >= 0.6 is 11.3 Å². The molecule has 7 nitrogen and oxygen atoms in total. The van der Waals surface area contributed by atoms with Gasteiger partial charge in [0.25, 0.3) is 0 Å². The lowest BCUT2D eigenvalue weighted by Crippen LogP contribution is -2.48. The topological polar surface area (TPSA) is 87.2 Å². The van der Waals surface area contributed by atoms with Crippen molar-refractivity contribution in [3.05, 3.63) is 46.2 Å². The van der Waals surface area contributed by atoms with Crippen LogP contribution in [0.3, 0.4) is 0 Å². The molecule has 0 spiro atoms. The van der Waals surface area contributed by atoms with E-state index < -0.39 is 16.0 Å². The van der Waals surface area contributed by atoms with Crippen molar-refractivity contribution in [3.63, 3.8) is 0 Å². The normalized spacial score (nSPS) is 16.5. The van der Waals surface area contributed by atoms with E-state index in [0.29, 0.717) is 43.4 Å². The quantitative estimate of drug-likeness (QED) is 0.803. The number of ether oxygens (including phenoxy) is 1. The van der Waals surface area contributed by atoms with Gasteiger partial charge in [0.05, 0.1) is 12.0 Å². The predicted molar refractivity (Wildman–Crippen MR) is 98.3 cm³/mol. The summed E-state index contributed by atoms with van der Waals surface area (Å²) < 4.78 is 32.0. The number of thiophene rings is 1. The summed E-state index contributed by atoms with van der Waals surface area (Å²) in [5, 5.41) is 10.8. The number of carboxylic acid groups (broad SMARTS) is 1. The van der Waals surface area contributed by atoms with Gasteiger partial charge in [-0.15, -0.1) is 11.3 Å². The largest absolute Gasteiger partial charge is 0.497 e. The van der Waals surface area contributed by atoms with Crippen LogP contribution in [0.4, 0.5) is 0 Å². The minimum Gasteiger partial charge on any atom is -0.497 e. The zero-order valence-electron chi connectivity index (χ0n) is 14.3. The van der Waals surface area contributed by atoms with Crippen LogP contribution in [0, 0.1) is 0 Å². The molecule has 0 radical (unpaired) electrons. The van der Waals surface area contributed by atoms with Gasteiger partial charge in [-0.05, 0) is 41.3 Å². The fourth-order valence-corrected chi connectivity index (χ4v) is 5.02. The smallest absolute Gasteiger partial charge is 0.345 e. The van der Waals surface area contributed by atoms with Crippen molar-refractivity contribution in [3.8, 4) is 5.75 Å². The van der Waals surface area contributed by atoms with Gasteiger partial charge in [-0.1, -0.05) is 0 Å². The SMILES string of the molecule is COc1ccc(S(=O)(=O)N2CCN(Cc3csc(C(=O)O)c3)CC2)cc1. The highest BCUT2D eigenvalue weighted by Gasteiger charge is 2.28. The monoisotopic (exact) mass is 396 g/mol.